The van der Waals surface area contributed by atoms with Crippen molar-refractivity contribution in [3.63, 3.8) is 0 Å². The number of carbonyl (C=O) groups is 1. The van der Waals surface area contributed by atoms with Gasteiger partial charge in [-0.3, -0.25) is 0 Å². The summed E-state index contributed by atoms with van der Waals surface area (Å²) in [6, 6.07) is 19.4. The molecule has 1 atom stereocenters. The fourth-order valence-electron chi connectivity index (χ4n) is 4.45. The van der Waals surface area contributed by atoms with E-state index in [4.69, 9.17) is 4.74 Å². The highest BCUT2D eigenvalue weighted by atomic mass is 79.9. The number of rotatable bonds is 6. The molecule has 0 aromatic heterocycles. The van der Waals surface area contributed by atoms with Crippen LogP contribution in [0.3, 0.4) is 0 Å². The van der Waals surface area contributed by atoms with Crippen molar-refractivity contribution in [1.29, 1.82) is 0 Å². The Labute approximate surface area is 212 Å². The number of sulfonamides is 1. The molecule has 1 saturated heterocycles. The van der Waals surface area contributed by atoms with E-state index in [9.17, 15) is 13.2 Å². The number of piperidine rings is 1. The van der Waals surface area contributed by atoms with Crippen molar-refractivity contribution in [3.05, 3.63) is 88.5 Å². The van der Waals surface area contributed by atoms with Crippen molar-refractivity contribution >= 4 is 48.6 Å². The van der Waals surface area contributed by atoms with Crippen LogP contribution in [0, 0.1) is 5.92 Å². The molecule has 2 N–H and O–H groups in total. The van der Waals surface area contributed by atoms with Gasteiger partial charge in [-0.25, -0.2) is 22.9 Å². The van der Waals surface area contributed by atoms with E-state index in [1.165, 1.54) is 0 Å². The molecule has 0 bridgehead atoms. The van der Waals surface area contributed by atoms with Crippen molar-refractivity contribution in [2.45, 2.75) is 23.8 Å². The smallest absolute Gasteiger partial charge is 0.363 e. The maximum atomic E-state index is 13.2. The average Bonchev–Trinajstić information content (AvgIpc) is 3.23. The predicted octanol–water partition coefficient (Wildman–Crippen LogP) is 4.14. The Morgan fingerprint density at radius 1 is 1.03 bits per heavy atom. The first kappa shape index (κ1) is 23.9. The first-order valence-corrected chi connectivity index (χ1v) is 13.7. The molecule has 3 aromatic carbocycles. The summed E-state index contributed by atoms with van der Waals surface area (Å²) in [7, 11) is -3.82. The molecule has 3 aromatic rings. The van der Waals surface area contributed by atoms with Gasteiger partial charge in [0.05, 0.1) is 4.90 Å². The minimum absolute atomic E-state index is 0.0126. The van der Waals surface area contributed by atoms with Crippen LogP contribution >= 0.6 is 15.9 Å². The lowest BCUT2D eigenvalue weighted by Gasteiger charge is -2.29. The maximum absolute atomic E-state index is 13.2. The number of nitrogens with zero attached hydrogens (tertiary/aromatic N) is 1. The van der Waals surface area contributed by atoms with Crippen molar-refractivity contribution in [2.24, 2.45) is 10.9 Å². The van der Waals surface area contributed by atoms with Crippen LogP contribution < -0.4 is 10.0 Å². The SMILES string of the molecule is O=C1OC(c2cccc3ccccc23)=NC1=CC(NS(=O)(=O)c1ccc(Br)cc1)C1CCNCC1. The molecule has 5 rings (SSSR count). The summed E-state index contributed by atoms with van der Waals surface area (Å²) in [5.41, 5.74) is 0.823. The number of carbonyl (C=O) groups excluding carboxylic acids is 1. The van der Waals surface area contributed by atoms with Crippen LogP contribution in [0.4, 0.5) is 0 Å². The first-order valence-electron chi connectivity index (χ1n) is 11.4. The molecule has 2 heterocycles. The summed E-state index contributed by atoms with van der Waals surface area (Å²) in [5.74, 6) is -0.355. The van der Waals surface area contributed by atoms with Gasteiger partial charge in [0, 0.05) is 16.1 Å². The Morgan fingerprint density at radius 3 is 2.51 bits per heavy atom. The minimum atomic E-state index is -3.82. The second-order valence-corrected chi connectivity index (χ2v) is 11.2. The molecule has 2 aliphatic heterocycles. The van der Waals surface area contributed by atoms with E-state index in [0.717, 1.165) is 41.2 Å². The number of aliphatic imine (C=N–C) groups is 1. The monoisotopic (exact) mass is 553 g/mol. The quantitative estimate of drug-likeness (QED) is 0.353. The predicted molar refractivity (Wildman–Crippen MR) is 139 cm³/mol. The molecule has 7 nitrogen and oxygen atoms in total. The number of cyclic esters (lactones) is 1. The van der Waals surface area contributed by atoms with Crippen LogP contribution in [0.1, 0.15) is 18.4 Å². The van der Waals surface area contributed by atoms with Crippen LogP contribution in [0.5, 0.6) is 0 Å². The van der Waals surface area contributed by atoms with Gasteiger partial charge < -0.3 is 10.1 Å². The first-order chi connectivity index (χ1) is 16.9. The Hall–Kier alpha value is -2.85. The molecule has 1 unspecified atom stereocenters. The molecule has 0 spiro atoms. The third kappa shape index (κ3) is 5.23. The zero-order valence-electron chi connectivity index (χ0n) is 18.8. The van der Waals surface area contributed by atoms with Crippen LogP contribution in [0.25, 0.3) is 10.8 Å². The lowest BCUT2D eigenvalue weighted by Crippen LogP contribution is -2.43. The molecular weight excluding hydrogens is 530 g/mol. The standard InChI is InChI=1S/C26H24BrN3O4S/c27-19-8-10-20(11-9-19)35(32,33)30-23(18-12-14-28-15-13-18)16-24-26(31)34-25(29-24)22-7-3-5-17-4-1-2-6-21(17)22/h1-11,16,18,23,28,30H,12-15H2. The number of hydrogen-bond acceptors (Lipinski definition) is 6. The van der Waals surface area contributed by atoms with E-state index < -0.39 is 22.0 Å². The fraction of sp³-hybridized carbons (Fsp3) is 0.231. The second kappa shape index (κ2) is 10.0. The zero-order chi connectivity index (χ0) is 24.4. The van der Waals surface area contributed by atoms with Crippen LogP contribution in [0.15, 0.2) is 92.9 Å². The third-order valence-corrected chi connectivity index (χ3v) is 8.29. The zero-order valence-corrected chi connectivity index (χ0v) is 21.2. The van der Waals surface area contributed by atoms with Crippen molar-refractivity contribution in [1.82, 2.24) is 10.0 Å². The summed E-state index contributed by atoms with van der Waals surface area (Å²) in [6.45, 7) is 1.55. The number of fused-ring (bicyclic) bond motifs is 1. The number of ether oxygens (including phenoxy) is 1. The van der Waals surface area contributed by atoms with Crippen LogP contribution in [-0.2, 0) is 19.6 Å². The van der Waals surface area contributed by atoms with Crippen molar-refractivity contribution in [3.8, 4) is 0 Å². The molecule has 2 aliphatic rings. The van der Waals surface area contributed by atoms with Gasteiger partial charge in [-0.1, -0.05) is 52.3 Å². The number of nitrogens with one attached hydrogen (secondary N) is 2. The van der Waals surface area contributed by atoms with Crippen molar-refractivity contribution in [2.75, 3.05) is 13.1 Å². The molecule has 1 fully saturated rings. The van der Waals surface area contributed by atoms with Gasteiger partial charge in [0.2, 0.25) is 15.9 Å². The van der Waals surface area contributed by atoms with Gasteiger partial charge >= 0.3 is 5.97 Å². The van der Waals surface area contributed by atoms with Gasteiger partial charge in [0.1, 0.15) is 0 Å². The largest absolute Gasteiger partial charge is 0.402 e. The molecule has 180 valence electrons. The number of halogens is 1. The highest BCUT2D eigenvalue weighted by Gasteiger charge is 2.31. The van der Waals surface area contributed by atoms with Gasteiger partial charge in [0.15, 0.2) is 5.70 Å². The summed E-state index contributed by atoms with van der Waals surface area (Å²) >= 11 is 3.33. The summed E-state index contributed by atoms with van der Waals surface area (Å²) in [5, 5.41) is 5.23. The molecule has 9 heteroatoms. The van der Waals surface area contributed by atoms with Crippen LogP contribution in [0.2, 0.25) is 0 Å². The van der Waals surface area contributed by atoms with E-state index in [2.05, 4.69) is 31.0 Å². The Bertz CT molecular complexity index is 1420. The van der Waals surface area contributed by atoms with E-state index >= 15 is 0 Å². The topological polar surface area (TPSA) is 96.9 Å². The molecule has 0 radical (unpaired) electrons. The normalized spacial score (nSPS) is 19.1. The summed E-state index contributed by atoms with van der Waals surface area (Å²) in [6.07, 6.45) is 3.14. The second-order valence-electron chi connectivity index (χ2n) is 8.57. The van der Waals surface area contributed by atoms with Gasteiger partial charge in [0.25, 0.3) is 0 Å². The van der Waals surface area contributed by atoms with Gasteiger partial charge in [-0.05, 0) is 79.0 Å². The average molecular weight is 554 g/mol. The van der Waals surface area contributed by atoms with Gasteiger partial charge in [-0.15, -0.1) is 0 Å². The minimum Gasteiger partial charge on any atom is -0.402 e. The fourth-order valence-corrected chi connectivity index (χ4v) is 5.96. The van der Waals surface area contributed by atoms with E-state index in [1.54, 1.807) is 30.3 Å². The molecule has 35 heavy (non-hydrogen) atoms. The summed E-state index contributed by atoms with van der Waals surface area (Å²) < 4.78 is 35.4. The van der Waals surface area contributed by atoms with E-state index in [1.807, 2.05) is 42.5 Å². The lowest BCUT2D eigenvalue weighted by atomic mass is 9.90. The maximum Gasteiger partial charge on any atom is 0.363 e. The number of benzene rings is 3. The van der Waals surface area contributed by atoms with E-state index in [0.29, 0.717) is 5.56 Å². The molecule has 0 saturated carbocycles. The Morgan fingerprint density at radius 2 is 1.74 bits per heavy atom. The highest BCUT2D eigenvalue weighted by Crippen LogP contribution is 2.27. The highest BCUT2D eigenvalue weighted by molar-refractivity contribution is 9.10. The Kier molecular flexibility index (Phi) is 6.84. The number of hydrogen-bond donors (Lipinski definition) is 2. The number of esters is 1. The third-order valence-electron chi connectivity index (χ3n) is 6.28. The van der Waals surface area contributed by atoms with Gasteiger partial charge in [-0.2, -0.15) is 0 Å². The Balaban J connectivity index is 1.49. The lowest BCUT2D eigenvalue weighted by molar-refractivity contribution is -0.130. The summed E-state index contributed by atoms with van der Waals surface area (Å²) in [4.78, 5) is 17.4. The van der Waals surface area contributed by atoms with Crippen molar-refractivity contribution < 1.29 is 17.9 Å². The molecule has 0 aliphatic carbocycles. The molecular formula is C26H24BrN3O4S. The van der Waals surface area contributed by atoms with E-state index in [-0.39, 0.29) is 22.4 Å². The van der Waals surface area contributed by atoms with Crippen LogP contribution in [-0.4, -0.2) is 39.4 Å². The molecule has 0 amide bonds.